The number of carbonyl (C=O) groups excluding carboxylic acids is 2. The van der Waals surface area contributed by atoms with Gasteiger partial charge in [0.15, 0.2) is 0 Å². The monoisotopic (exact) mass is 483 g/mol. The molecule has 0 aromatic carbocycles. The van der Waals surface area contributed by atoms with Gasteiger partial charge in [0.2, 0.25) is 11.8 Å². The molecule has 9 heteroatoms. The molecular weight excluding hydrogens is 446 g/mol. The van der Waals surface area contributed by atoms with Crippen molar-refractivity contribution in [3.8, 4) is 5.88 Å². The molecule has 0 saturated heterocycles. The summed E-state index contributed by atoms with van der Waals surface area (Å²) in [6, 6.07) is 3.12. The molecule has 0 radical (unpaired) electrons. The summed E-state index contributed by atoms with van der Waals surface area (Å²) in [7, 11) is 1.58. The summed E-state index contributed by atoms with van der Waals surface area (Å²) < 4.78 is 12.6. The smallest absolute Gasteiger partial charge is 0.408 e. The predicted molar refractivity (Wildman–Crippen MR) is 132 cm³/mol. The van der Waals surface area contributed by atoms with Crippen LogP contribution in [0.25, 0.3) is 0 Å². The number of amides is 2. The van der Waals surface area contributed by atoms with Crippen molar-refractivity contribution in [1.29, 1.82) is 0 Å². The minimum Gasteiger partial charge on any atom is -0.481 e. The number of carbonyl (C=O) groups is 2. The zero-order valence-corrected chi connectivity index (χ0v) is 21.1. The zero-order chi connectivity index (χ0) is 25.0. The summed E-state index contributed by atoms with van der Waals surface area (Å²) >= 11 is 0. The van der Waals surface area contributed by atoms with Crippen molar-refractivity contribution in [1.82, 2.24) is 20.1 Å². The molecule has 2 heterocycles. The summed E-state index contributed by atoms with van der Waals surface area (Å²) in [5.41, 5.74) is 0.826. The van der Waals surface area contributed by atoms with Gasteiger partial charge >= 0.3 is 6.09 Å². The van der Waals surface area contributed by atoms with Gasteiger partial charge in [-0.3, -0.25) is 9.48 Å². The van der Waals surface area contributed by atoms with Crippen LogP contribution in [0.3, 0.4) is 0 Å². The Bertz CT molecular complexity index is 1010. The van der Waals surface area contributed by atoms with E-state index in [2.05, 4.69) is 20.7 Å². The van der Waals surface area contributed by atoms with Crippen LogP contribution in [-0.4, -0.2) is 45.5 Å². The average molecular weight is 484 g/mol. The number of pyridine rings is 1. The molecule has 35 heavy (non-hydrogen) atoms. The quantitative estimate of drug-likeness (QED) is 0.548. The first-order valence-corrected chi connectivity index (χ1v) is 12.5. The first kappa shape index (κ1) is 25.0. The lowest BCUT2D eigenvalue weighted by atomic mass is 9.62. The van der Waals surface area contributed by atoms with Crippen LogP contribution in [-0.2, 0) is 16.1 Å². The summed E-state index contributed by atoms with van der Waals surface area (Å²) in [6.07, 6.45) is 11.3. The molecule has 2 aromatic heterocycles. The highest BCUT2D eigenvalue weighted by molar-refractivity contribution is 5.96. The Kier molecular flexibility index (Phi) is 7.62. The number of nitrogens with one attached hydrogen (secondary N) is 2. The summed E-state index contributed by atoms with van der Waals surface area (Å²) in [6.45, 7) is 5.92. The Hall–Kier alpha value is -3.10. The van der Waals surface area contributed by atoms with Crippen LogP contribution in [0.15, 0.2) is 30.7 Å². The fraction of sp³-hybridized carbons (Fsp3) is 0.615. The van der Waals surface area contributed by atoms with Crippen LogP contribution in [0.1, 0.15) is 64.9 Å². The molecule has 9 nitrogen and oxygen atoms in total. The molecule has 2 aliphatic carbocycles. The number of aromatic nitrogens is 3. The molecule has 0 spiro atoms. The molecule has 2 aliphatic rings. The normalized spacial score (nSPS) is 17.3. The highest BCUT2D eigenvalue weighted by Gasteiger charge is 2.44. The number of nitrogens with zero attached hydrogens (tertiary/aromatic N) is 3. The number of alkyl carbamates (subject to hydrolysis) is 1. The maximum Gasteiger partial charge on any atom is 0.408 e. The number of rotatable bonds is 9. The van der Waals surface area contributed by atoms with Crippen molar-refractivity contribution in [2.75, 3.05) is 12.4 Å². The van der Waals surface area contributed by atoms with Gasteiger partial charge in [0.05, 0.1) is 25.5 Å². The second-order valence-corrected chi connectivity index (χ2v) is 10.7. The molecule has 190 valence electrons. The third kappa shape index (κ3) is 6.32. The van der Waals surface area contributed by atoms with E-state index in [9.17, 15) is 9.59 Å². The van der Waals surface area contributed by atoms with E-state index < -0.39 is 17.7 Å². The van der Waals surface area contributed by atoms with Crippen molar-refractivity contribution in [3.05, 3.63) is 36.3 Å². The van der Waals surface area contributed by atoms with Gasteiger partial charge in [0, 0.05) is 18.0 Å². The SMILES string of the molecule is COc1ncccc1Cn1cc(NC(=O)[C@@H](NC(=O)OC(C)(C)C)C(C2CCC2)C2CCC2)cn1. The molecule has 4 rings (SSSR count). The van der Waals surface area contributed by atoms with Gasteiger partial charge in [-0.15, -0.1) is 0 Å². The van der Waals surface area contributed by atoms with E-state index in [1.807, 2.05) is 32.9 Å². The molecule has 2 N–H and O–H groups in total. The predicted octanol–water partition coefficient (Wildman–Crippen LogP) is 4.38. The Morgan fingerprint density at radius 3 is 2.43 bits per heavy atom. The maximum atomic E-state index is 13.6. The highest BCUT2D eigenvalue weighted by Crippen LogP contribution is 2.46. The van der Waals surface area contributed by atoms with Crippen LogP contribution in [0.5, 0.6) is 5.88 Å². The van der Waals surface area contributed by atoms with E-state index in [1.54, 1.807) is 30.4 Å². The second kappa shape index (κ2) is 10.7. The molecule has 0 aliphatic heterocycles. The zero-order valence-electron chi connectivity index (χ0n) is 21.1. The van der Waals surface area contributed by atoms with Crippen LogP contribution >= 0.6 is 0 Å². The van der Waals surface area contributed by atoms with Gasteiger partial charge in [0.1, 0.15) is 11.6 Å². The van der Waals surface area contributed by atoms with Crippen LogP contribution < -0.4 is 15.4 Å². The van der Waals surface area contributed by atoms with Gasteiger partial charge in [0.25, 0.3) is 0 Å². The lowest BCUT2D eigenvalue weighted by Crippen LogP contribution is -2.55. The lowest BCUT2D eigenvalue weighted by molar-refractivity contribution is -0.122. The second-order valence-electron chi connectivity index (χ2n) is 10.7. The Balaban J connectivity index is 1.49. The number of ether oxygens (including phenoxy) is 2. The minimum absolute atomic E-state index is 0.111. The van der Waals surface area contributed by atoms with Crippen molar-refractivity contribution in [2.45, 2.75) is 77.5 Å². The van der Waals surface area contributed by atoms with Gasteiger partial charge < -0.3 is 20.1 Å². The molecule has 1 atom stereocenters. The van der Waals surface area contributed by atoms with E-state index >= 15 is 0 Å². The molecule has 2 fully saturated rings. The van der Waals surface area contributed by atoms with E-state index in [0.29, 0.717) is 29.9 Å². The summed E-state index contributed by atoms with van der Waals surface area (Å²) in [4.78, 5) is 30.5. The van der Waals surface area contributed by atoms with Crippen LogP contribution in [0.4, 0.5) is 10.5 Å². The number of hydrogen-bond donors (Lipinski definition) is 2. The lowest BCUT2D eigenvalue weighted by Gasteiger charge is -2.45. The average Bonchev–Trinajstić information content (AvgIpc) is 3.14. The van der Waals surface area contributed by atoms with E-state index in [4.69, 9.17) is 9.47 Å². The maximum absolute atomic E-state index is 13.6. The van der Waals surface area contributed by atoms with Gasteiger partial charge in [-0.05, 0) is 44.6 Å². The molecule has 2 aromatic rings. The van der Waals surface area contributed by atoms with Crippen molar-refractivity contribution >= 4 is 17.7 Å². The Morgan fingerprint density at radius 1 is 1.17 bits per heavy atom. The third-order valence-electron chi connectivity index (χ3n) is 7.00. The van der Waals surface area contributed by atoms with E-state index in [1.165, 1.54) is 12.8 Å². The first-order valence-electron chi connectivity index (χ1n) is 12.5. The fourth-order valence-corrected chi connectivity index (χ4v) is 4.99. The van der Waals surface area contributed by atoms with Crippen molar-refractivity contribution < 1.29 is 19.1 Å². The summed E-state index contributed by atoms with van der Waals surface area (Å²) in [5, 5.41) is 10.3. The molecular formula is C26H37N5O4. The fourth-order valence-electron chi connectivity index (χ4n) is 4.99. The molecule has 0 bridgehead atoms. The van der Waals surface area contributed by atoms with Gasteiger partial charge in [-0.25, -0.2) is 9.78 Å². The third-order valence-corrected chi connectivity index (χ3v) is 7.00. The molecule has 2 saturated carbocycles. The largest absolute Gasteiger partial charge is 0.481 e. The Labute approximate surface area is 207 Å². The Morgan fingerprint density at radius 2 is 1.86 bits per heavy atom. The van der Waals surface area contributed by atoms with E-state index in [0.717, 1.165) is 31.2 Å². The number of methoxy groups -OCH3 is 1. The van der Waals surface area contributed by atoms with Crippen LogP contribution in [0.2, 0.25) is 0 Å². The van der Waals surface area contributed by atoms with Crippen molar-refractivity contribution in [2.24, 2.45) is 17.8 Å². The number of hydrogen-bond acceptors (Lipinski definition) is 6. The molecule has 2 amide bonds. The molecule has 0 unspecified atom stereocenters. The van der Waals surface area contributed by atoms with Crippen molar-refractivity contribution in [3.63, 3.8) is 0 Å². The first-order chi connectivity index (χ1) is 16.7. The standard InChI is InChI=1S/C26H37N5O4/c1-26(2,3)35-25(33)30-22(21(17-8-5-9-17)18-10-6-11-18)23(32)29-20-14-28-31(16-20)15-19-12-7-13-27-24(19)34-4/h7,12-14,16-18,21-22H,5-6,8-11,15H2,1-4H3,(H,29,32)(H,30,33)/t22-/m0/s1. The van der Waals surface area contributed by atoms with Gasteiger partial charge in [-0.1, -0.05) is 44.6 Å². The van der Waals surface area contributed by atoms with Crippen LogP contribution in [0, 0.1) is 17.8 Å². The highest BCUT2D eigenvalue weighted by atomic mass is 16.6. The minimum atomic E-state index is -0.651. The van der Waals surface area contributed by atoms with Gasteiger partial charge in [-0.2, -0.15) is 5.10 Å². The summed E-state index contributed by atoms with van der Waals surface area (Å²) in [5.74, 6) is 1.33. The topological polar surface area (TPSA) is 107 Å². The number of anilines is 1. The van der Waals surface area contributed by atoms with E-state index in [-0.39, 0.29) is 11.8 Å².